The Bertz CT molecular complexity index is 752. The number of allylic oxidation sites excluding steroid dienone is 10. The molecule has 5 N–H and O–H groups in total. The maximum Gasteiger partial charge on any atom is 0.0818 e. The fourth-order valence-electron chi connectivity index (χ4n) is 5.21. The highest BCUT2D eigenvalue weighted by atomic mass is 15.1. The largest absolute Gasteiger partial charge is 0.316 e. The zero-order valence-corrected chi connectivity index (χ0v) is 17.6. The molecule has 0 bridgehead atoms. The molecule has 4 rings (SSSR count). The van der Waals surface area contributed by atoms with Crippen molar-refractivity contribution in [1.82, 2.24) is 5.32 Å². The quantitative estimate of drug-likeness (QED) is 0.441. The van der Waals surface area contributed by atoms with E-state index < -0.39 is 0 Å². The van der Waals surface area contributed by atoms with E-state index in [1.54, 1.807) is 5.57 Å². The van der Waals surface area contributed by atoms with Crippen LogP contribution in [-0.2, 0) is 0 Å². The van der Waals surface area contributed by atoms with Gasteiger partial charge in [-0.2, -0.15) is 0 Å². The molecule has 5 atom stereocenters. The summed E-state index contributed by atoms with van der Waals surface area (Å²) in [4.78, 5) is 0. The fourth-order valence-corrected chi connectivity index (χ4v) is 5.21. The summed E-state index contributed by atoms with van der Waals surface area (Å²) in [6.07, 6.45) is 31.1. The van der Waals surface area contributed by atoms with Gasteiger partial charge in [0, 0.05) is 5.92 Å². The van der Waals surface area contributed by atoms with E-state index in [1.165, 1.54) is 49.7 Å². The second-order valence-electron chi connectivity index (χ2n) is 9.08. The smallest absolute Gasteiger partial charge is 0.0818 e. The Kier molecular flexibility index (Phi) is 7.02. The lowest BCUT2D eigenvalue weighted by atomic mass is 9.78. The summed E-state index contributed by atoms with van der Waals surface area (Å²) in [5.41, 5.74) is 17.4. The Hall–Kier alpha value is -1.68. The van der Waals surface area contributed by atoms with Crippen molar-refractivity contribution >= 4 is 0 Å². The minimum Gasteiger partial charge on any atom is -0.316 e. The highest BCUT2D eigenvalue weighted by Gasteiger charge is 2.26. The Labute approximate surface area is 176 Å². The summed E-state index contributed by atoms with van der Waals surface area (Å²) >= 11 is 0. The highest BCUT2D eigenvalue weighted by molar-refractivity contribution is 5.33. The van der Waals surface area contributed by atoms with Crippen LogP contribution in [-0.4, -0.2) is 12.3 Å². The molecule has 4 aliphatic carbocycles. The van der Waals surface area contributed by atoms with Crippen molar-refractivity contribution in [2.45, 2.75) is 70.1 Å². The van der Waals surface area contributed by atoms with Crippen molar-refractivity contribution in [3.05, 3.63) is 71.4 Å². The molecule has 156 valence electrons. The second kappa shape index (κ2) is 9.88. The van der Waals surface area contributed by atoms with Gasteiger partial charge in [-0.05, 0) is 75.2 Å². The minimum absolute atomic E-state index is 0.0488. The van der Waals surface area contributed by atoms with Crippen molar-refractivity contribution < 1.29 is 0 Å². The lowest BCUT2D eigenvalue weighted by Gasteiger charge is -2.33. The molecule has 5 unspecified atom stereocenters. The molecule has 0 radical (unpaired) electrons. The molecule has 0 saturated carbocycles. The predicted octanol–water partition coefficient (Wildman–Crippen LogP) is 5.01. The molecule has 0 saturated heterocycles. The minimum atomic E-state index is -0.184. The van der Waals surface area contributed by atoms with Gasteiger partial charge in [0.15, 0.2) is 0 Å². The Morgan fingerprint density at radius 1 is 0.897 bits per heavy atom. The normalized spacial score (nSPS) is 31.7. The molecule has 0 fully saturated rings. The molecular weight excluding hydrogens is 354 g/mol. The highest BCUT2D eigenvalue weighted by Crippen LogP contribution is 2.35. The molecule has 0 aliphatic heterocycles. The summed E-state index contributed by atoms with van der Waals surface area (Å²) in [5.74, 6) is 1.78. The summed E-state index contributed by atoms with van der Waals surface area (Å²) in [5, 5.41) is 3.48. The van der Waals surface area contributed by atoms with Crippen LogP contribution in [0, 0.1) is 17.8 Å². The monoisotopic (exact) mass is 391 g/mol. The molecule has 0 aromatic heterocycles. The molecule has 0 amide bonds. The van der Waals surface area contributed by atoms with Crippen molar-refractivity contribution in [3.63, 3.8) is 0 Å². The number of hydrogen-bond acceptors (Lipinski definition) is 3. The van der Waals surface area contributed by atoms with Gasteiger partial charge in [-0.1, -0.05) is 65.8 Å². The van der Waals surface area contributed by atoms with Gasteiger partial charge in [-0.25, -0.2) is 0 Å². The summed E-state index contributed by atoms with van der Waals surface area (Å²) < 4.78 is 0. The standard InChI is InChI=1S/C26H37N3/c27-25(23-15-11-21(12-16-23)19-7-3-1-4-8-19)29-26(28)24-17-13-22(14-18-24)20-9-5-2-6-10-20/h1-3,5,7,11,13,15-16,20-21,24-26,29H,4,6,8-10,12,14,17-18,27-28H2. The summed E-state index contributed by atoms with van der Waals surface area (Å²) in [7, 11) is 0. The van der Waals surface area contributed by atoms with E-state index in [0.717, 1.165) is 25.2 Å². The molecule has 0 aromatic carbocycles. The lowest BCUT2D eigenvalue weighted by Crippen LogP contribution is -2.53. The first kappa shape index (κ1) is 20.6. The molecule has 29 heavy (non-hydrogen) atoms. The summed E-state index contributed by atoms with van der Waals surface area (Å²) in [6, 6.07) is 0. The number of nitrogens with two attached hydrogens (primary N) is 2. The van der Waals surface area contributed by atoms with Crippen LogP contribution in [0.25, 0.3) is 0 Å². The van der Waals surface area contributed by atoms with Gasteiger partial charge >= 0.3 is 0 Å². The van der Waals surface area contributed by atoms with E-state index in [-0.39, 0.29) is 12.3 Å². The van der Waals surface area contributed by atoms with E-state index >= 15 is 0 Å². The first-order valence-corrected chi connectivity index (χ1v) is 11.6. The maximum atomic E-state index is 6.52. The fraction of sp³-hybridized carbons (Fsp3) is 0.538. The van der Waals surface area contributed by atoms with Gasteiger partial charge in [-0.3, -0.25) is 5.32 Å². The number of nitrogens with one attached hydrogen (secondary N) is 1. The Balaban J connectivity index is 1.26. The molecule has 4 aliphatic rings. The van der Waals surface area contributed by atoms with Gasteiger partial charge in [0.25, 0.3) is 0 Å². The van der Waals surface area contributed by atoms with E-state index in [9.17, 15) is 0 Å². The van der Waals surface area contributed by atoms with Crippen molar-refractivity contribution in [3.8, 4) is 0 Å². The third-order valence-electron chi connectivity index (χ3n) is 7.17. The molecular formula is C26H37N3. The van der Waals surface area contributed by atoms with Gasteiger partial charge in [0.05, 0.1) is 12.3 Å². The molecule has 0 heterocycles. The van der Waals surface area contributed by atoms with Crippen LogP contribution >= 0.6 is 0 Å². The zero-order chi connectivity index (χ0) is 20.1. The average molecular weight is 392 g/mol. The van der Waals surface area contributed by atoms with E-state index in [2.05, 4.69) is 60.0 Å². The van der Waals surface area contributed by atoms with Gasteiger partial charge in [0.2, 0.25) is 0 Å². The molecule has 0 aromatic rings. The predicted molar refractivity (Wildman–Crippen MR) is 123 cm³/mol. The van der Waals surface area contributed by atoms with Gasteiger partial charge < -0.3 is 11.5 Å². The first-order valence-electron chi connectivity index (χ1n) is 11.6. The van der Waals surface area contributed by atoms with Crippen LogP contribution in [0.3, 0.4) is 0 Å². The first-order chi connectivity index (χ1) is 14.2. The van der Waals surface area contributed by atoms with E-state index in [0.29, 0.717) is 11.8 Å². The lowest BCUT2D eigenvalue weighted by molar-refractivity contribution is 0.309. The summed E-state index contributed by atoms with van der Waals surface area (Å²) in [6.45, 7) is 0. The third-order valence-corrected chi connectivity index (χ3v) is 7.17. The van der Waals surface area contributed by atoms with E-state index in [4.69, 9.17) is 11.5 Å². The molecule has 0 spiro atoms. The van der Waals surface area contributed by atoms with Crippen LogP contribution in [0.15, 0.2) is 71.4 Å². The number of hydrogen-bond donors (Lipinski definition) is 3. The molecule has 3 nitrogen and oxygen atoms in total. The van der Waals surface area contributed by atoms with Gasteiger partial charge in [0.1, 0.15) is 0 Å². The van der Waals surface area contributed by atoms with E-state index in [1.807, 2.05) is 0 Å². The van der Waals surface area contributed by atoms with Crippen LogP contribution < -0.4 is 16.8 Å². The van der Waals surface area contributed by atoms with Crippen LogP contribution in [0.1, 0.15) is 57.8 Å². The SMILES string of the molecule is NC(NC(N)C1CC=C(C2CC=CCC2)CC1)C1=CCC(C2=CC=CCC2)C=C1. The number of rotatable bonds is 6. The second-order valence-corrected chi connectivity index (χ2v) is 9.08. The van der Waals surface area contributed by atoms with Crippen LogP contribution in [0.4, 0.5) is 0 Å². The van der Waals surface area contributed by atoms with Crippen molar-refractivity contribution in [1.29, 1.82) is 0 Å². The third kappa shape index (κ3) is 5.28. The maximum absolute atomic E-state index is 6.52. The Morgan fingerprint density at radius 2 is 1.83 bits per heavy atom. The van der Waals surface area contributed by atoms with Crippen molar-refractivity contribution in [2.75, 3.05) is 0 Å². The Morgan fingerprint density at radius 3 is 2.48 bits per heavy atom. The topological polar surface area (TPSA) is 64.1 Å². The molecule has 3 heteroatoms. The average Bonchev–Trinajstić information content (AvgIpc) is 2.80. The van der Waals surface area contributed by atoms with Crippen LogP contribution in [0.5, 0.6) is 0 Å². The zero-order valence-electron chi connectivity index (χ0n) is 17.6. The van der Waals surface area contributed by atoms with Crippen LogP contribution in [0.2, 0.25) is 0 Å². The van der Waals surface area contributed by atoms with Gasteiger partial charge in [-0.15, -0.1) is 0 Å². The van der Waals surface area contributed by atoms with Crippen molar-refractivity contribution in [2.24, 2.45) is 29.2 Å².